The summed E-state index contributed by atoms with van der Waals surface area (Å²) in [5.41, 5.74) is 5.58. The summed E-state index contributed by atoms with van der Waals surface area (Å²) in [4.78, 5) is 16.3. The molecule has 0 saturated carbocycles. The van der Waals surface area contributed by atoms with Crippen molar-refractivity contribution in [2.75, 3.05) is 5.73 Å². The quantitative estimate of drug-likeness (QED) is 0.669. The Hall–Kier alpha value is -1.21. The Kier molecular flexibility index (Phi) is 3.12. The maximum Gasteiger partial charge on any atom is 0.197 e. The molecule has 0 bridgehead atoms. The lowest BCUT2D eigenvalue weighted by atomic mass is 10.6. The molecule has 76 valence electrons. The van der Waals surface area contributed by atoms with Crippen molar-refractivity contribution in [2.24, 2.45) is 0 Å². The van der Waals surface area contributed by atoms with Gasteiger partial charge in [0.1, 0.15) is 15.4 Å². The van der Waals surface area contributed by atoms with Crippen LogP contribution in [0.3, 0.4) is 0 Å². The van der Waals surface area contributed by atoms with E-state index in [1.807, 2.05) is 0 Å². The lowest BCUT2D eigenvalue weighted by molar-refractivity contribution is 0.947. The highest BCUT2D eigenvalue weighted by Gasteiger charge is 2.04. The van der Waals surface area contributed by atoms with Gasteiger partial charge in [-0.25, -0.2) is 15.0 Å². The van der Waals surface area contributed by atoms with Crippen LogP contribution < -0.4 is 5.73 Å². The van der Waals surface area contributed by atoms with Crippen LogP contribution in [0.25, 0.3) is 0 Å². The van der Waals surface area contributed by atoms with Gasteiger partial charge in [-0.3, -0.25) is 4.98 Å². The van der Waals surface area contributed by atoms with Crippen LogP contribution in [0.15, 0.2) is 39.4 Å². The van der Waals surface area contributed by atoms with Crippen LogP contribution in [0.4, 0.5) is 5.82 Å². The zero-order valence-electron chi connectivity index (χ0n) is 7.46. The summed E-state index contributed by atoms with van der Waals surface area (Å²) in [6, 6.07) is 1.64. The fourth-order valence-corrected chi connectivity index (χ4v) is 2.12. The minimum Gasteiger partial charge on any atom is -0.384 e. The van der Waals surface area contributed by atoms with E-state index < -0.39 is 0 Å². The van der Waals surface area contributed by atoms with E-state index in [4.69, 9.17) is 5.73 Å². The largest absolute Gasteiger partial charge is 0.384 e. The zero-order valence-corrected chi connectivity index (χ0v) is 9.86. The van der Waals surface area contributed by atoms with E-state index in [1.54, 1.807) is 24.7 Å². The summed E-state index contributed by atoms with van der Waals surface area (Å²) >= 11 is 4.56. The molecule has 2 heterocycles. The second-order valence-electron chi connectivity index (χ2n) is 2.54. The Balaban J connectivity index is 2.25. The van der Waals surface area contributed by atoms with Gasteiger partial charge in [0.15, 0.2) is 5.16 Å². The Labute approximate surface area is 98.7 Å². The molecule has 7 heteroatoms. The van der Waals surface area contributed by atoms with Crippen molar-refractivity contribution in [1.29, 1.82) is 0 Å². The maximum absolute atomic E-state index is 5.58. The van der Waals surface area contributed by atoms with Crippen LogP contribution in [0, 0.1) is 0 Å². The van der Waals surface area contributed by atoms with Crippen molar-refractivity contribution in [1.82, 2.24) is 19.9 Å². The van der Waals surface area contributed by atoms with E-state index in [9.17, 15) is 0 Å². The van der Waals surface area contributed by atoms with Crippen LogP contribution in [0.1, 0.15) is 0 Å². The average Bonchev–Trinajstić information content (AvgIpc) is 2.17. The number of hydrogen-bond acceptors (Lipinski definition) is 6. The summed E-state index contributed by atoms with van der Waals surface area (Å²) in [5, 5.41) is 1.28. The number of aromatic nitrogens is 4. The first-order chi connectivity index (χ1) is 7.24. The topological polar surface area (TPSA) is 77.6 Å². The van der Waals surface area contributed by atoms with E-state index >= 15 is 0 Å². The lowest BCUT2D eigenvalue weighted by Gasteiger charge is -2.00. The Morgan fingerprint density at radius 3 is 2.80 bits per heavy atom. The van der Waals surface area contributed by atoms with Crippen molar-refractivity contribution >= 4 is 33.5 Å². The van der Waals surface area contributed by atoms with Crippen molar-refractivity contribution in [3.05, 3.63) is 29.3 Å². The smallest absolute Gasteiger partial charge is 0.197 e. The van der Waals surface area contributed by atoms with Gasteiger partial charge in [0, 0.05) is 18.5 Å². The molecule has 0 atom stereocenters. The van der Waals surface area contributed by atoms with Crippen molar-refractivity contribution in [3.8, 4) is 0 Å². The van der Waals surface area contributed by atoms with E-state index in [-0.39, 0.29) is 0 Å². The van der Waals surface area contributed by atoms with Gasteiger partial charge >= 0.3 is 0 Å². The molecule has 15 heavy (non-hydrogen) atoms. The third-order valence-corrected chi connectivity index (χ3v) is 2.62. The van der Waals surface area contributed by atoms with Gasteiger partial charge in [-0.2, -0.15) is 0 Å². The van der Waals surface area contributed by atoms with Gasteiger partial charge in [0.2, 0.25) is 0 Å². The average molecular weight is 284 g/mol. The second kappa shape index (κ2) is 4.54. The van der Waals surface area contributed by atoms with Crippen LogP contribution >= 0.6 is 27.7 Å². The van der Waals surface area contributed by atoms with Crippen molar-refractivity contribution in [2.45, 2.75) is 10.2 Å². The molecule has 0 fully saturated rings. The number of rotatable bonds is 2. The number of nitrogen functional groups attached to an aromatic ring is 1. The van der Waals surface area contributed by atoms with E-state index in [1.165, 1.54) is 11.8 Å². The molecule has 0 amide bonds. The SMILES string of the molecule is Nc1cc(Br)nc(Sc2cnccn2)n1. The lowest BCUT2D eigenvalue weighted by Crippen LogP contribution is -1.95. The predicted molar refractivity (Wildman–Crippen MR) is 60.3 cm³/mol. The fourth-order valence-electron chi connectivity index (χ4n) is 0.891. The van der Waals surface area contributed by atoms with Crippen molar-refractivity contribution < 1.29 is 0 Å². The van der Waals surface area contributed by atoms with E-state index in [2.05, 4.69) is 35.9 Å². The highest BCUT2D eigenvalue weighted by atomic mass is 79.9. The molecule has 0 aromatic carbocycles. The summed E-state index contributed by atoms with van der Waals surface area (Å²) in [6.45, 7) is 0. The standard InChI is InChI=1S/C8H6BrN5S/c9-5-3-6(10)14-8(13-5)15-7-4-11-1-2-12-7/h1-4H,(H2,10,13,14). The number of hydrogen-bond donors (Lipinski definition) is 1. The van der Waals surface area contributed by atoms with E-state index in [0.717, 1.165) is 5.03 Å². The summed E-state index contributed by atoms with van der Waals surface area (Å²) in [7, 11) is 0. The molecule has 0 aliphatic heterocycles. The molecule has 2 aromatic rings. The molecule has 0 aliphatic carbocycles. The number of anilines is 1. The van der Waals surface area contributed by atoms with Gasteiger partial charge in [-0.1, -0.05) is 0 Å². The van der Waals surface area contributed by atoms with Crippen LogP contribution in [0.2, 0.25) is 0 Å². The molecule has 2 aromatic heterocycles. The van der Waals surface area contributed by atoms with Crippen molar-refractivity contribution in [3.63, 3.8) is 0 Å². The predicted octanol–water partition coefficient (Wildman–Crippen LogP) is 1.76. The van der Waals surface area contributed by atoms with Gasteiger partial charge in [0.25, 0.3) is 0 Å². The molecule has 0 saturated heterocycles. The Morgan fingerprint density at radius 1 is 1.27 bits per heavy atom. The third-order valence-electron chi connectivity index (χ3n) is 1.43. The Bertz CT molecular complexity index is 444. The minimum absolute atomic E-state index is 0.420. The molecule has 0 unspecified atom stereocenters. The van der Waals surface area contributed by atoms with Gasteiger partial charge < -0.3 is 5.73 Å². The second-order valence-corrected chi connectivity index (χ2v) is 4.34. The molecule has 0 radical (unpaired) electrons. The van der Waals surface area contributed by atoms with Crippen LogP contribution in [-0.2, 0) is 0 Å². The normalized spacial score (nSPS) is 10.2. The molecular weight excluding hydrogens is 278 g/mol. The van der Waals surface area contributed by atoms with E-state index in [0.29, 0.717) is 15.6 Å². The molecule has 2 rings (SSSR count). The molecule has 0 spiro atoms. The molecule has 2 N–H and O–H groups in total. The summed E-state index contributed by atoms with van der Waals surface area (Å²) in [5.74, 6) is 0.420. The van der Waals surface area contributed by atoms with Gasteiger partial charge in [-0.05, 0) is 27.7 Å². The zero-order chi connectivity index (χ0) is 10.7. The van der Waals surface area contributed by atoms with Gasteiger partial charge in [-0.15, -0.1) is 0 Å². The summed E-state index contributed by atoms with van der Waals surface area (Å²) < 4.78 is 0.654. The number of nitrogens with zero attached hydrogens (tertiary/aromatic N) is 4. The van der Waals surface area contributed by atoms with Crippen LogP contribution in [-0.4, -0.2) is 19.9 Å². The highest BCUT2D eigenvalue weighted by molar-refractivity contribution is 9.10. The first-order valence-electron chi connectivity index (χ1n) is 3.98. The fraction of sp³-hybridized carbons (Fsp3) is 0. The van der Waals surface area contributed by atoms with Crippen LogP contribution in [0.5, 0.6) is 0 Å². The molecular formula is C8H6BrN5S. The van der Waals surface area contributed by atoms with Gasteiger partial charge in [0.05, 0.1) is 6.20 Å². The number of halogens is 1. The number of nitrogens with two attached hydrogens (primary N) is 1. The third kappa shape index (κ3) is 2.87. The summed E-state index contributed by atoms with van der Waals surface area (Å²) in [6.07, 6.45) is 4.87. The first kappa shape index (κ1) is 10.3. The Morgan fingerprint density at radius 2 is 2.13 bits per heavy atom. The monoisotopic (exact) mass is 283 g/mol. The highest BCUT2D eigenvalue weighted by Crippen LogP contribution is 2.23. The molecule has 0 aliphatic rings. The minimum atomic E-state index is 0.420. The molecule has 5 nitrogen and oxygen atoms in total. The first-order valence-corrected chi connectivity index (χ1v) is 5.59. The maximum atomic E-state index is 5.58.